The van der Waals surface area contributed by atoms with Crippen LogP contribution in [0.1, 0.15) is 18.2 Å². The molecular formula is C20H31IN6O. The predicted molar refractivity (Wildman–Crippen MR) is 125 cm³/mol. The van der Waals surface area contributed by atoms with Crippen LogP contribution in [0.2, 0.25) is 0 Å². The Morgan fingerprint density at radius 3 is 2.61 bits per heavy atom. The molecule has 7 nitrogen and oxygen atoms in total. The monoisotopic (exact) mass is 498 g/mol. The zero-order valence-corrected chi connectivity index (χ0v) is 19.1. The maximum atomic E-state index is 5.34. The van der Waals surface area contributed by atoms with E-state index in [1.807, 2.05) is 18.3 Å². The van der Waals surface area contributed by atoms with Gasteiger partial charge >= 0.3 is 0 Å². The molecule has 0 aliphatic carbocycles. The smallest absolute Gasteiger partial charge is 0.191 e. The van der Waals surface area contributed by atoms with Gasteiger partial charge in [-0.2, -0.15) is 0 Å². The number of likely N-dealkylation sites (N-methyl/N-ethyl adjacent to an activating group) is 1. The summed E-state index contributed by atoms with van der Waals surface area (Å²) in [4.78, 5) is 13.7. The summed E-state index contributed by atoms with van der Waals surface area (Å²) < 4.78 is 5.34. The van der Waals surface area contributed by atoms with Gasteiger partial charge in [-0.25, -0.2) is 4.98 Å². The van der Waals surface area contributed by atoms with E-state index in [9.17, 15) is 0 Å². The van der Waals surface area contributed by atoms with E-state index in [1.165, 1.54) is 0 Å². The van der Waals surface area contributed by atoms with Crippen molar-refractivity contribution < 1.29 is 4.42 Å². The molecule has 3 heterocycles. The van der Waals surface area contributed by atoms with E-state index in [1.54, 1.807) is 13.3 Å². The lowest BCUT2D eigenvalue weighted by Crippen LogP contribution is -2.46. The molecule has 2 aromatic heterocycles. The Kier molecular flexibility index (Phi) is 9.56. The van der Waals surface area contributed by atoms with Crippen LogP contribution in [0.15, 0.2) is 46.1 Å². The minimum absolute atomic E-state index is 0. The highest BCUT2D eigenvalue weighted by molar-refractivity contribution is 14.0. The van der Waals surface area contributed by atoms with Gasteiger partial charge in [0.2, 0.25) is 0 Å². The second-order valence-corrected chi connectivity index (χ2v) is 6.63. The number of hydrogen-bond donors (Lipinski definition) is 2. The van der Waals surface area contributed by atoms with Crippen molar-refractivity contribution in [2.24, 2.45) is 4.99 Å². The summed E-state index contributed by atoms with van der Waals surface area (Å²) in [6.45, 7) is 9.13. The molecule has 154 valence electrons. The lowest BCUT2D eigenvalue weighted by Gasteiger charge is -2.34. The van der Waals surface area contributed by atoms with Crippen LogP contribution in [0, 0.1) is 0 Å². The molecule has 0 bridgehead atoms. The number of furan rings is 1. The number of anilines is 1. The standard InChI is InChI=1S/C20H30N6O.HI/c1-3-25-10-12-26(13-11-25)19-7-6-17(15-23-19)16-24-20(21-2)22-9-8-18-5-4-14-27-18;/h4-7,14-15H,3,8-13,16H2,1-2H3,(H2,21,22,24);1H. The SMILES string of the molecule is CCN1CCN(c2ccc(CNC(=NC)NCCc3ccco3)cn2)CC1.I. The lowest BCUT2D eigenvalue weighted by molar-refractivity contribution is 0.270. The zero-order chi connectivity index (χ0) is 18.9. The van der Waals surface area contributed by atoms with Crippen LogP contribution < -0.4 is 15.5 Å². The first-order valence-corrected chi connectivity index (χ1v) is 9.67. The quantitative estimate of drug-likeness (QED) is 0.347. The van der Waals surface area contributed by atoms with Crippen molar-refractivity contribution in [3.8, 4) is 0 Å². The second-order valence-electron chi connectivity index (χ2n) is 6.63. The lowest BCUT2D eigenvalue weighted by atomic mass is 10.2. The number of piperazine rings is 1. The topological polar surface area (TPSA) is 68.9 Å². The molecule has 0 radical (unpaired) electrons. The summed E-state index contributed by atoms with van der Waals surface area (Å²) in [5, 5.41) is 6.62. The highest BCUT2D eigenvalue weighted by Gasteiger charge is 2.16. The number of halogens is 1. The number of nitrogens with one attached hydrogen (secondary N) is 2. The van der Waals surface area contributed by atoms with E-state index in [0.717, 1.165) is 68.8 Å². The van der Waals surface area contributed by atoms with Crippen LogP contribution in [0.5, 0.6) is 0 Å². The highest BCUT2D eigenvalue weighted by Crippen LogP contribution is 2.14. The Hall–Kier alpha value is -1.81. The van der Waals surface area contributed by atoms with Crippen LogP contribution in [0.4, 0.5) is 5.82 Å². The molecule has 0 unspecified atom stereocenters. The van der Waals surface area contributed by atoms with Gasteiger partial charge in [0.1, 0.15) is 11.6 Å². The average Bonchev–Trinajstić information content (AvgIpc) is 3.24. The molecule has 0 aromatic carbocycles. The van der Waals surface area contributed by atoms with Gasteiger partial charge in [0, 0.05) is 58.9 Å². The Morgan fingerprint density at radius 2 is 2.00 bits per heavy atom. The maximum absolute atomic E-state index is 5.34. The predicted octanol–water partition coefficient (Wildman–Crippen LogP) is 2.34. The van der Waals surface area contributed by atoms with Gasteiger partial charge in [-0.05, 0) is 30.3 Å². The van der Waals surface area contributed by atoms with E-state index < -0.39 is 0 Å². The zero-order valence-electron chi connectivity index (χ0n) is 16.7. The van der Waals surface area contributed by atoms with Gasteiger partial charge in [-0.3, -0.25) is 4.99 Å². The minimum atomic E-state index is 0. The Morgan fingerprint density at radius 1 is 1.18 bits per heavy atom. The van der Waals surface area contributed by atoms with Gasteiger partial charge in [0.25, 0.3) is 0 Å². The first-order valence-electron chi connectivity index (χ1n) is 9.67. The van der Waals surface area contributed by atoms with Gasteiger partial charge in [-0.1, -0.05) is 13.0 Å². The van der Waals surface area contributed by atoms with Crippen molar-refractivity contribution in [3.05, 3.63) is 48.0 Å². The van der Waals surface area contributed by atoms with Crippen molar-refractivity contribution in [2.45, 2.75) is 19.9 Å². The minimum Gasteiger partial charge on any atom is -0.469 e. The van der Waals surface area contributed by atoms with Gasteiger partial charge in [0.15, 0.2) is 5.96 Å². The van der Waals surface area contributed by atoms with E-state index >= 15 is 0 Å². The number of aromatic nitrogens is 1. The van der Waals surface area contributed by atoms with Crippen LogP contribution in [-0.4, -0.2) is 62.2 Å². The number of aliphatic imine (C=N–C) groups is 1. The number of guanidine groups is 1. The van der Waals surface area contributed by atoms with Gasteiger partial charge in [-0.15, -0.1) is 24.0 Å². The number of hydrogen-bond acceptors (Lipinski definition) is 5. The molecule has 1 saturated heterocycles. The van der Waals surface area contributed by atoms with Gasteiger partial charge in [0.05, 0.1) is 6.26 Å². The first-order chi connectivity index (χ1) is 13.3. The molecule has 1 aliphatic heterocycles. The Balaban J connectivity index is 0.00000280. The van der Waals surface area contributed by atoms with Crippen molar-refractivity contribution in [1.82, 2.24) is 20.5 Å². The third-order valence-electron chi connectivity index (χ3n) is 4.88. The molecule has 3 rings (SSSR count). The van der Waals surface area contributed by atoms with Crippen LogP contribution in [0.3, 0.4) is 0 Å². The Labute approximate surface area is 184 Å². The van der Waals surface area contributed by atoms with Crippen LogP contribution in [0.25, 0.3) is 0 Å². The molecule has 0 amide bonds. The number of rotatable bonds is 7. The fourth-order valence-electron chi connectivity index (χ4n) is 3.17. The summed E-state index contributed by atoms with van der Waals surface area (Å²) in [6.07, 6.45) is 4.47. The molecule has 1 fully saturated rings. The van der Waals surface area contributed by atoms with E-state index in [2.05, 4.69) is 49.5 Å². The fourth-order valence-corrected chi connectivity index (χ4v) is 3.17. The van der Waals surface area contributed by atoms with Crippen molar-refractivity contribution in [3.63, 3.8) is 0 Å². The van der Waals surface area contributed by atoms with Crippen LogP contribution >= 0.6 is 24.0 Å². The molecule has 1 aliphatic rings. The molecule has 0 spiro atoms. The number of nitrogens with zero attached hydrogens (tertiary/aromatic N) is 4. The Bertz CT molecular complexity index is 696. The normalized spacial score (nSPS) is 15.2. The fraction of sp³-hybridized carbons (Fsp3) is 0.500. The summed E-state index contributed by atoms with van der Waals surface area (Å²) >= 11 is 0. The molecule has 0 atom stereocenters. The van der Waals surface area contributed by atoms with Crippen molar-refractivity contribution in [2.75, 3.05) is 51.2 Å². The number of pyridine rings is 1. The molecule has 2 aromatic rings. The molecular weight excluding hydrogens is 467 g/mol. The van der Waals surface area contributed by atoms with E-state index in [4.69, 9.17) is 4.42 Å². The second kappa shape index (κ2) is 11.9. The third-order valence-corrected chi connectivity index (χ3v) is 4.88. The van der Waals surface area contributed by atoms with E-state index in [0.29, 0.717) is 6.54 Å². The highest BCUT2D eigenvalue weighted by atomic mass is 127. The largest absolute Gasteiger partial charge is 0.469 e. The third kappa shape index (κ3) is 6.66. The summed E-state index contributed by atoms with van der Waals surface area (Å²) in [5.41, 5.74) is 1.14. The van der Waals surface area contributed by atoms with Crippen molar-refractivity contribution >= 4 is 35.8 Å². The van der Waals surface area contributed by atoms with E-state index in [-0.39, 0.29) is 24.0 Å². The molecule has 28 heavy (non-hydrogen) atoms. The molecule has 2 N–H and O–H groups in total. The van der Waals surface area contributed by atoms with Gasteiger partial charge < -0.3 is 24.9 Å². The van der Waals surface area contributed by atoms with Crippen molar-refractivity contribution in [1.29, 1.82) is 0 Å². The summed E-state index contributed by atoms with van der Waals surface area (Å²) in [5.74, 6) is 2.81. The maximum Gasteiger partial charge on any atom is 0.191 e. The summed E-state index contributed by atoms with van der Waals surface area (Å²) in [6, 6.07) is 8.14. The average molecular weight is 498 g/mol. The molecule has 0 saturated carbocycles. The first kappa shape index (κ1) is 22.5. The summed E-state index contributed by atoms with van der Waals surface area (Å²) in [7, 11) is 1.78. The van der Waals surface area contributed by atoms with Crippen LogP contribution in [-0.2, 0) is 13.0 Å². The molecule has 8 heteroatoms.